The van der Waals surface area contributed by atoms with E-state index in [1.807, 2.05) is 4.90 Å². The molecule has 3 rings (SSSR count). The molecule has 1 aromatic rings. The van der Waals surface area contributed by atoms with Crippen molar-refractivity contribution in [2.75, 3.05) is 26.3 Å². The molecule has 5 heteroatoms. The Kier molecular flexibility index (Phi) is 4.39. The normalized spacial score (nSPS) is 23.3. The largest absolute Gasteiger partial charge is 0.490 e. The van der Waals surface area contributed by atoms with E-state index in [0.29, 0.717) is 19.0 Å². The van der Waals surface area contributed by atoms with Crippen molar-refractivity contribution in [1.82, 2.24) is 4.90 Å². The van der Waals surface area contributed by atoms with Crippen molar-refractivity contribution in [2.45, 2.75) is 25.4 Å². The number of nitrogens with zero attached hydrogens (tertiary/aromatic N) is 1. The van der Waals surface area contributed by atoms with E-state index in [2.05, 4.69) is 0 Å². The smallest absolute Gasteiger partial charge is 0.228 e. The summed E-state index contributed by atoms with van der Waals surface area (Å²) in [6.45, 7) is 2.70. The maximum atomic E-state index is 12.8. The number of amides is 1. The maximum absolute atomic E-state index is 12.8. The lowest BCUT2D eigenvalue weighted by Crippen LogP contribution is -2.44. The first-order valence-electron chi connectivity index (χ1n) is 7.51. The average molecular weight is 293 g/mol. The van der Waals surface area contributed by atoms with E-state index in [-0.39, 0.29) is 23.7 Å². The number of carbonyl (C=O) groups is 1. The van der Waals surface area contributed by atoms with Gasteiger partial charge in [-0.1, -0.05) is 0 Å². The molecule has 1 amide bonds. The summed E-state index contributed by atoms with van der Waals surface area (Å²) in [5.74, 6) is 0.680. The molecule has 0 bridgehead atoms. The summed E-state index contributed by atoms with van der Waals surface area (Å²) < 4.78 is 24.0. The topological polar surface area (TPSA) is 38.8 Å². The zero-order valence-corrected chi connectivity index (χ0v) is 12.0. The Morgan fingerprint density at radius 1 is 1.19 bits per heavy atom. The molecule has 4 nitrogen and oxygen atoms in total. The lowest BCUT2D eigenvalue weighted by atomic mass is 10.0. The molecule has 0 N–H and O–H groups in total. The first kappa shape index (κ1) is 14.3. The maximum Gasteiger partial charge on any atom is 0.228 e. The second-order valence-electron chi connectivity index (χ2n) is 5.66. The molecule has 0 aromatic heterocycles. The summed E-state index contributed by atoms with van der Waals surface area (Å²) in [5, 5.41) is 0. The zero-order valence-electron chi connectivity index (χ0n) is 12.0. The summed E-state index contributed by atoms with van der Waals surface area (Å²) in [7, 11) is 0. The fraction of sp³-hybridized carbons (Fsp3) is 0.562. The van der Waals surface area contributed by atoms with Crippen LogP contribution in [0.4, 0.5) is 4.39 Å². The first-order valence-corrected chi connectivity index (χ1v) is 7.51. The number of hydrogen-bond acceptors (Lipinski definition) is 3. The minimum absolute atomic E-state index is 0.0413. The molecule has 1 aromatic carbocycles. The predicted octanol–water partition coefficient (Wildman–Crippen LogP) is 2.23. The minimum atomic E-state index is -0.262. The van der Waals surface area contributed by atoms with Gasteiger partial charge >= 0.3 is 0 Å². The van der Waals surface area contributed by atoms with E-state index in [9.17, 15) is 9.18 Å². The lowest BCUT2D eigenvalue weighted by Gasteiger charge is -2.33. The van der Waals surface area contributed by atoms with Crippen molar-refractivity contribution >= 4 is 5.91 Å². The highest BCUT2D eigenvalue weighted by atomic mass is 19.1. The summed E-state index contributed by atoms with van der Waals surface area (Å²) in [6.07, 6.45) is 2.57. The monoisotopic (exact) mass is 293 g/mol. The van der Waals surface area contributed by atoms with Gasteiger partial charge < -0.3 is 14.4 Å². The van der Waals surface area contributed by atoms with Crippen LogP contribution in [0, 0.1) is 11.7 Å². The van der Waals surface area contributed by atoms with Crippen LogP contribution in [0.25, 0.3) is 0 Å². The number of hydrogen-bond donors (Lipinski definition) is 0. The van der Waals surface area contributed by atoms with Crippen LogP contribution in [-0.2, 0) is 9.53 Å². The molecule has 1 atom stereocenters. The summed E-state index contributed by atoms with van der Waals surface area (Å²) >= 11 is 0. The second kappa shape index (κ2) is 6.43. The Bertz CT molecular complexity index is 477. The molecule has 2 aliphatic heterocycles. The number of rotatable bonds is 3. The standard InChI is InChI=1S/C16H20FNO3/c17-13-1-3-14(4-2-13)21-15-5-8-18(9-6-15)16(19)12-7-10-20-11-12/h1-4,12,15H,5-11H2/t12-/m0/s1. The van der Waals surface area contributed by atoms with Crippen molar-refractivity contribution in [3.05, 3.63) is 30.1 Å². The van der Waals surface area contributed by atoms with Crippen LogP contribution in [0.1, 0.15) is 19.3 Å². The number of ether oxygens (including phenoxy) is 2. The van der Waals surface area contributed by atoms with Gasteiger partial charge in [0.1, 0.15) is 17.7 Å². The minimum Gasteiger partial charge on any atom is -0.490 e. The SMILES string of the molecule is O=C([C@H]1CCOC1)N1CCC(Oc2ccc(F)cc2)CC1. The molecular weight excluding hydrogens is 273 g/mol. The predicted molar refractivity (Wildman–Crippen MR) is 75.6 cm³/mol. The fourth-order valence-electron chi connectivity index (χ4n) is 2.89. The van der Waals surface area contributed by atoms with Gasteiger partial charge in [-0.25, -0.2) is 4.39 Å². The van der Waals surface area contributed by atoms with Crippen LogP contribution in [0.5, 0.6) is 5.75 Å². The zero-order chi connectivity index (χ0) is 14.7. The highest BCUT2D eigenvalue weighted by Crippen LogP contribution is 2.22. The van der Waals surface area contributed by atoms with Crippen LogP contribution in [0.3, 0.4) is 0 Å². The van der Waals surface area contributed by atoms with Gasteiger partial charge in [0.25, 0.3) is 0 Å². The van der Waals surface area contributed by atoms with Crippen LogP contribution < -0.4 is 4.74 Å². The van der Waals surface area contributed by atoms with Gasteiger partial charge in [-0.15, -0.1) is 0 Å². The number of carbonyl (C=O) groups excluding carboxylic acids is 1. The highest BCUT2D eigenvalue weighted by molar-refractivity contribution is 5.79. The van der Waals surface area contributed by atoms with Crippen LogP contribution in [-0.4, -0.2) is 43.2 Å². The molecular formula is C16H20FNO3. The molecule has 0 unspecified atom stereocenters. The van der Waals surface area contributed by atoms with Crippen molar-refractivity contribution in [3.8, 4) is 5.75 Å². The molecule has 21 heavy (non-hydrogen) atoms. The van der Waals surface area contributed by atoms with Crippen LogP contribution >= 0.6 is 0 Å². The Morgan fingerprint density at radius 2 is 1.90 bits per heavy atom. The van der Waals surface area contributed by atoms with Crippen molar-refractivity contribution in [3.63, 3.8) is 0 Å². The third-order valence-corrected chi connectivity index (χ3v) is 4.15. The van der Waals surface area contributed by atoms with Crippen molar-refractivity contribution < 1.29 is 18.7 Å². The quantitative estimate of drug-likeness (QED) is 0.858. The lowest BCUT2D eigenvalue weighted by molar-refractivity contribution is -0.137. The van der Waals surface area contributed by atoms with E-state index in [4.69, 9.17) is 9.47 Å². The van der Waals surface area contributed by atoms with Crippen molar-refractivity contribution in [2.24, 2.45) is 5.92 Å². The van der Waals surface area contributed by atoms with Gasteiger partial charge in [-0.2, -0.15) is 0 Å². The van der Waals surface area contributed by atoms with Crippen LogP contribution in [0.2, 0.25) is 0 Å². The van der Waals surface area contributed by atoms with E-state index in [0.717, 1.165) is 32.4 Å². The molecule has 0 saturated carbocycles. The van der Waals surface area contributed by atoms with E-state index in [1.54, 1.807) is 12.1 Å². The third-order valence-electron chi connectivity index (χ3n) is 4.15. The number of benzene rings is 1. The number of piperidine rings is 1. The Balaban J connectivity index is 1.48. The molecule has 114 valence electrons. The molecule has 0 aliphatic carbocycles. The third kappa shape index (κ3) is 3.53. The Hall–Kier alpha value is -1.62. The van der Waals surface area contributed by atoms with Gasteiger partial charge in [0, 0.05) is 32.5 Å². The van der Waals surface area contributed by atoms with Gasteiger partial charge in [0.05, 0.1) is 12.5 Å². The van der Waals surface area contributed by atoms with Gasteiger partial charge in [-0.3, -0.25) is 4.79 Å². The molecule has 0 radical (unpaired) electrons. The molecule has 2 aliphatic rings. The molecule has 2 fully saturated rings. The Morgan fingerprint density at radius 3 is 2.52 bits per heavy atom. The molecule has 2 heterocycles. The molecule has 2 saturated heterocycles. The van der Waals surface area contributed by atoms with E-state index >= 15 is 0 Å². The second-order valence-corrected chi connectivity index (χ2v) is 5.66. The molecule has 0 spiro atoms. The highest BCUT2D eigenvalue weighted by Gasteiger charge is 2.31. The van der Waals surface area contributed by atoms with E-state index < -0.39 is 0 Å². The fourth-order valence-corrected chi connectivity index (χ4v) is 2.89. The van der Waals surface area contributed by atoms with Crippen LogP contribution in [0.15, 0.2) is 24.3 Å². The summed E-state index contributed by atoms with van der Waals surface area (Å²) in [4.78, 5) is 14.2. The van der Waals surface area contributed by atoms with Crippen molar-refractivity contribution in [1.29, 1.82) is 0 Å². The summed E-state index contributed by atoms with van der Waals surface area (Å²) in [6, 6.07) is 6.08. The Labute approximate surface area is 123 Å². The number of likely N-dealkylation sites (tertiary alicyclic amines) is 1. The first-order chi connectivity index (χ1) is 10.2. The van der Waals surface area contributed by atoms with E-state index in [1.165, 1.54) is 12.1 Å². The summed E-state index contributed by atoms with van der Waals surface area (Å²) in [5.41, 5.74) is 0. The number of halogens is 1. The average Bonchev–Trinajstić information content (AvgIpc) is 3.04. The van der Waals surface area contributed by atoms with Gasteiger partial charge in [-0.05, 0) is 30.7 Å². The van der Waals surface area contributed by atoms with Gasteiger partial charge in [0.15, 0.2) is 0 Å². The van der Waals surface area contributed by atoms with Gasteiger partial charge in [0.2, 0.25) is 5.91 Å².